The number of hydrogen-bond donors (Lipinski definition) is 0. The number of hydrogen-bond acceptors (Lipinski definition) is 5. The second-order valence-corrected chi connectivity index (χ2v) is 8.59. The van der Waals surface area contributed by atoms with E-state index < -0.39 is 5.41 Å². The maximum Gasteiger partial charge on any atom is 0.232 e. The summed E-state index contributed by atoms with van der Waals surface area (Å²) in [5.74, 6) is 1.66. The molecule has 3 heterocycles. The summed E-state index contributed by atoms with van der Waals surface area (Å²) in [6.45, 7) is 8.62. The van der Waals surface area contributed by atoms with Crippen molar-refractivity contribution in [2.45, 2.75) is 26.2 Å². The lowest BCUT2D eigenvalue weighted by atomic mass is 9.83. The largest absolute Gasteiger partial charge is 0.338 e. The summed E-state index contributed by atoms with van der Waals surface area (Å²) in [5.41, 5.74) is 2.21. The van der Waals surface area contributed by atoms with E-state index in [1.165, 1.54) is 0 Å². The van der Waals surface area contributed by atoms with Crippen LogP contribution in [0.2, 0.25) is 0 Å². The second kappa shape index (κ2) is 7.34. The number of benzene rings is 2. The number of carbonyl (C=O) groups excluding carboxylic acids is 1. The fraction of sp³-hybridized carbons (Fsp3) is 0.333. The Bertz CT molecular complexity index is 1260. The zero-order valence-corrected chi connectivity index (χ0v) is 18.1. The van der Waals surface area contributed by atoms with Gasteiger partial charge in [0.05, 0.1) is 10.9 Å². The maximum absolute atomic E-state index is 13.3. The van der Waals surface area contributed by atoms with Crippen LogP contribution in [0, 0.1) is 6.92 Å². The summed E-state index contributed by atoms with van der Waals surface area (Å²) in [6, 6.07) is 18.0. The molecule has 1 saturated heterocycles. The van der Waals surface area contributed by atoms with Gasteiger partial charge in [-0.05, 0) is 38.5 Å². The Morgan fingerprint density at radius 3 is 2.32 bits per heavy atom. The highest BCUT2D eigenvalue weighted by Crippen LogP contribution is 2.27. The molecule has 1 fully saturated rings. The van der Waals surface area contributed by atoms with E-state index in [-0.39, 0.29) is 5.91 Å². The van der Waals surface area contributed by atoms with Crippen molar-refractivity contribution < 1.29 is 4.79 Å². The Hall–Kier alpha value is -3.48. The quantitative estimate of drug-likeness (QED) is 0.515. The molecule has 0 N–H and O–H groups in total. The minimum atomic E-state index is -0.555. The molecule has 0 aliphatic carbocycles. The summed E-state index contributed by atoms with van der Waals surface area (Å²) in [7, 11) is 0. The molecule has 0 radical (unpaired) electrons. The van der Waals surface area contributed by atoms with Crippen LogP contribution in [-0.4, -0.2) is 56.6 Å². The van der Waals surface area contributed by atoms with Crippen molar-refractivity contribution >= 4 is 28.4 Å². The van der Waals surface area contributed by atoms with Crippen LogP contribution in [0.1, 0.15) is 25.2 Å². The standard InChI is InChI=1S/C24H26N6O/c1-17-25-21-19-11-7-8-12-20(19)26-23(30(21)27-17)29-15-13-28(14-16-29)22(31)24(2,3)18-9-5-4-6-10-18/h4-12H,13-16H2,1-3H3. The highest BCUT2D eigenvalue weighted by atomic mass is 16.2. The number of nitrogens with zero attached hydrogens (tertiary/aromatic N) is 6. The average molecular weight is 415 g/mol. The second-order valence-electron chi connectivity index (χ2n) is 8.59. The number of aromatic nitrogens is 4. The normalized spacial score (nSPS) is 15.1. The lowest BCUT2D eigenvalue weighted by Gasteiger charge is -2.39. The Balaban J connectivity index is 1.41. The third kappa shape index (κ3) is 3.30. The summed E-state index contributed by atoms with van der Waals surface area (Å²) in [4.78, 5) is 27.0. The van der Waals surface area contributed by atoms with E-state index in [1.807, 2.05) is 84.8 Å². The summed E-state index contributed by atoms with van der Waals surface area (Å²) >= 11 is 0. The van der Waals surface area contributed by atoms with E-state index in [1.54, 1.807) is 0 Å². The van der Waals surface area contributed by atoms with Crippen LogP contribution in [0.25, 0.3) is 16.6 Å². The fourth-order valence-corrected chi connectivity index (χ4v) is 4.33. The zero-order chi connectivity index (χ0) is 21.6. The Labute approximate surface area is 181 Å². The Morgan fingerprint density at radius 1 is 0.903 bits per heavy atom. The molecule has 158 valence electrons. The summed E-state index contributed by atoms with van der Waals surface area (Å²) in [5, 5.41) is 5.58. The van der Waals surface area contributed by atoms with Gasteiger partial charge in [0.1, 0.15) is 5.82 Å². The van der Waals surface area contributed by atoms with Gasteiger partial charge in [-0.25, -0.2) is 9.97 Å². The van der Waals surface area contributed by atoms with Crippen LogP contribution >= 0.6 is 0 Å². The van der Waals surface area contributed by atoms with Crippen LogP contribution in [-0.2, 0) is 10.2 Å². The van der Waals surface area contributed by atoms with Crippen LogP contribution in [0.15, 0.2) is 54.6 Å². The molecule has 4 aromatic rings. The SMILES string of the molecule is Cc1nc2c3ccccc3nc(N3CCN(C(=O)C(C)(C)c4ccccc4)CC3)n2n1. The number of carbonyl (C=O) groups is 1. The number of piperazine rings is 1. The first-order chi connectivity index (χ1) is 14.9. The van der Waals surface area contributed by atoms with Gasteiger partial charge in [-0.15, -0.1) is 5.10 Å². The van der Waals surface area contributed by atoms with Crippen molar-refractivity contribution in [1.29, 1.82) is 0 Å². The van der Waals surface area contributed by atoms with Gasteiger partial charge < -0.3 is 9.80 Å². The number of anilines is 1. The smallest absolute Gasteiger partial charge is 0.232 e. The molecule has 2 aromatic carbocycles. The highest BCUT2D eigenvalue weighted by molar-refractivity contribution is 5.92. The van der Waals surface area contributed by atoms with Crippen LogP contribution in [0.3, 0.4) is 0 Å². The third-order valence-electron chi connectivity index (χ3n) is 6.15. The van der Waals surface area contributed by atoms with Gasteiger partial charge in [-0.2, -0.15) is 4.52 Å². The third-order valence-corrected chi connectivity index (χ3v) is 6.15. The highest BCUT2D eigenvalue weighted by Gasteiger charge is 2.35. The topological polar surface area (TPSA) is 66.6 Å². The molecular formula is C24H26N6O. The molecule has 0 saturated carbocycles. The molecular weight excluding hydrogens is 388 g/mol. The van der Waals surface area contributed by atoms with E-state index in [0.29, 0.717) is 26.2 Å². The van der Waals surface area contributed by atoms with Gasteiger partial charge in [0.25, 0.3) is 0 Å². The average Bonchev–Trinajstić information content (AvgIpc) is 3.20. The van der Waals surface area contributed by atoms with Crippen LogP contribution in [0.5, 0.6) is 0 Å². The van der Waals surface area contributed by atoms with E-state index in [9.17, 15) is 4.79 Å². The number of amides is 1. The van der Waals surface area contributed by atoms with Crippen molar-refractivity contribution in [2.75, 3.05) is 31.1 Å². The molecule has 0 atom stereocenters. The first kappa shape index (κ1) is 19.5. The van der Waals surface area contributed by atoms with Gasteiger partial charge in [0, 0.05) is 31.6 Å². The molecule has 1 aliphatic rings. The van der Waals surface area contributed by atoms with Gasteiger partial charge in [0.15, 0.2) is 5.65 Å². The molecule has 0 spiro atoms. The predicted octanol–water partition coefficient (Wildman–Crippen LogP) is 3.21. The Morgan fingerprint density at radius 2 is 1.58 bits per heavy atom. The molecule has 7 heteroatoms. The lowest BCUT2D eigenvalue weighted by Crippen LogP contribution is -2.53. The first-order valence-corrected chi connectivity index (χ1v) is 10.7. The molecule has 31 heavy (non-hydrogen) atoms. The van der Waals surface area contributed by atoms with Crippen molar-refractivity contribution in [3.8, 4) is 0 Å². The minimum Gasteiger partial charge on any atom is -0.338 e. The zero-order valence-electron chi connectivity index (χ0n) is 18.1. The molecule has 5 rings (SSSR count). The van der Waals surface area contributed by atoms with Crippen molar-refractivity contribution in [1.82, 2.24) is 24.5 Å². The monoisotopic (exact) mass is 414 g/mol. The summed E-state index contributed by atoms with van der Waals surface area (Å²) < 4.78 is 1.84. The number of fused-ring (bicyclic) bond motifs is 3. The van der Waals surface area contributed by atoms with Crippen molar-refractivity contribution in [2.24, 2.45) is 0 Å². The lowest BCUT2D eigenvalue weighted by molar-refractivity contribution is -0.136. The molecule has 0 bridgehead atoms. The molecule has 0 unspecified atom stereocenters. The van der Waals surface area contributed by atoms with E-state index in [4.69, 9.17) is 4.98 Å². The predicted molar refractivity (Wildman–Crippen MR) is 121 cm³/mol. The van der Waals surface area contributed by atoms with Gasteiger partial charge >= 0.3 is 0 Å². The molecule has 2 aromatic heterocycles. The van der Waals surface area contributed by atoms with Crippen molar-refractivity contribution in [3.63, 3.8) is 0 Å². The summed E-state index contributed by atoms with van der Waals surface area (Å²) in [6.07, 6.45) is 0. The van der Waals surface area contributed by atoms with Crippen LogP contribution < -0.4 is 4.90 Å². The van der Waals surface area contributed by atoms with Crippen molar-refractivity contribution in [3.05, 3.63) is 66.0 Å². The molecule has 1 aliphatic heterocycles. The van der Waals surface area contributed by atoms with E-state index in [0.717, 1.165) is 33.9 Å². The first-order valence-electron chi connectivity index (χ1n) is 10.7. The fourth-order valence-electron chi connectivity index (χ4n) is 4.33. The van der Waals surface area contributed by atoms with Crippen LogP contribution in [0.4, 0.5) is 5.95 Å². The Kier molecular flexibility index (Phi) is 4.61. The number of para-hydroxylation sites is 1. The molecule has 1 amide bonds. The van der Waals surface area contributed by atoms with Gasteiger partial charge in [0.2, 0.25) is 11.9 Å². The number of aryl methyl sites for hydroxylation is 1. The van der Waals surface area contributed by atoms with Gasteiger partial charge in [-0.3, -0.25) is 4.79 Å². The van der Waals surface area contributed by atoms with Gasteiger partial charge in [-0.1, -0.05) is 42.5 Å². The maximum atomic E-state index is 13.3. The minimum absolute atomic E-state index is 0.159. The number of rotatable bonds is 3. The van der Waals surface area contributed by atoms with E-state index >= 15 is 0 Å². The van der Waals surface area contributed by atoms with E-state index in [2.05, 4.69) is 15.0 Å². The molecule has 7 nitrogen and oxygen atoms in total.